The molecule has 19 heavy (non-hydrogen) atoms. The Labute approximate surface area is 108 Å². The van der Waals surface area contributed by atoms with Crippen molar-refractivity contribution < 1.29 is 5.11 Å². The fourth-order valence-corrected chi connectivity index (χ4v) is 2.06. The third-order valence-electron chi connectivity index (χ3n) is 3.06. The van der Waals surface area contributed by atoms with Crippen LogP contribution in [-0.2, 0) is 20.6 Å². The smallest absolute Gasteiger partial charge is 0.332 e. The van der Waals surface area contributed by atoms with E-state index in [1.165, 1.54) is 11.6 Å². The molecule has 2 rings (SSSR count). The molecule has 2 aromatic heterocycles. The van der Waals surface area contributed by atoms with Crippen molar-refractivity contribution in [2.75, 3.05) is 18.5 Å². The van der Waals surface area contributed by atoms with Crippen molar-refractivity contribution in [1.29, 1.82) is 0 Å². The van der Waals surface area contributed by atoms with Gasteiger partial charge in [0.1, 0.15) is 0 Å². The molecule has 0 fully saturated rings. The fraction of sp³-hybridized carbons (Fsp3) is 0.545. The summed E-state index contributed by atoms with van der Waals surface area (Å²) in [5, 5.41) is 11.8. The quantitative estimate of drug-likeness (QED) is 0.730. The minimum atomic E-state index is -0.410. The Hall–Kier alpha value is -2.09. The standard InChI is InChI=1S/C11H17N5O3/c1-4-16-7-8(13-10(16)12-5-6-17)14(2)11(19)15(3)9(7)18/h17H,4-6H2,1-3H3,(H,12,13). The van der Waals surface area contributed by atoms with Crippen molar-refractivity contribution in [1.82, 2.24) is 18.7 Å². The van der Waals surface area contributed by atoms with E-state index in [-0.39, 0.29) is 12.2 Å². The second kappa shape index (κ2) is 4.88. The average molecular weight is 267 g/mol. The Morgan fingerprint density at radius 3 is 2.53 bits per heavy atom. The number of nitrogens with one attached hydrogen (secondary N) is 1. The van der Waals surface area contributed by atoms with Gasteiger partial charge in [-0.15, -0.1) is 0 Å². The predicted molar refractivity (Wildman–Crippen MR) is 71.5 cm³/mol. The largest absolute Gasteiger partial charge is 0.395 e. The van der Waals surface area contributed by atoms with Crippen LogP contribution < -0.4 is 16.6 Å². The molecule has 0 aromatic carbocycles. The molecule has 0 amide bonds. The molecule has 8 heteroatoms. The first-order valence-electron chi connectivity index (χ1n) is 6.03. The van der Waals surface area contributed by atoms with Gasteiger partial charge in [0.2, 0.25) is 5.95 Å². The molecule has 0 spiro atoms. The number of aryl methyl sites for hydroxylation is 2. The first-order valence-corrected chi connectivity index (χ1v) is 6.03. The van der Waals surface area contributed by atoms with E-state index in [0.29, 0.717) is 30.2 Å². The van der Waals surface area contributed by atoms with E-state index < -0.39 is 5.69 Å². The number of imidazole rings is 1. The summed E-state index contributed by atoms with van der Waals surface area (Å²) in [7, 11) is 3.02. The maximum Gasteiger partial charge on any atom is 0.332 e. The van der Waals surface area contributed by atoms with E-state index >= 15 is 0 Å². The van der Waals surface area contributed by atoms with Gasteiger partial charge >= 0.3 is 5.69 Å². The van der Waals surface area contributed by atoms with Gasteiger partial charge in [0.25, 0.3) is 5.56 Å². The zero-order valence-corrected chi connectivity index (χ0v) is 11.2. The highest BCUT2D eigenvalue weighted by molar-refractivity contribution is 5.74. The lowest BCUT2D eigenvalue weighted by Gasteiger charge is -2.07. The normalized spacial score (nSPS) is 11.2. The van der Waals surface area contributed by atoms with Gasteiger partial charge < -0.3 is 15.0 Å². The number of anilines is 1. The molecule has 0 aliphatic heterocycles. The van der Waals surface area contributed by atoms with E-state index in [0.717, 1.165) is 4.57 Å². The lowest BCUT2D eigenvalue weighted by molar-refractivity contribution is 0.310. The summed E-state index contributed by atoms with van der Waals surface area (Å²) in [6.45, 7) is 2.72. The highest BCUT2D eigenvalue weighted by Crippen LogP contribution is 2.14. The number of hydrogen-bond donors (Lipinski definition) is 2. The van der Waals surface area contributed by atoms with Gasteiger partial charge in [-0.2, -0.15) is 4.98 Å². The zero-order valence-electron chi connectivity index (χ0n) is 11.2. The lowest BCUT2D eigenvalue weighted by atomic mass is 10.5. The highest BCUT2D eigenvalue weighted by Gasteiger charge is 2.17. The Bertz CT molecular complexity index is 724. The molecule has 0 aliphatic carbocycles. The Balaban J connectivity index is 2.83. The fourth-order valence-electron chi connectivity index (χ4n) is 2.06. The lowest BCUT2D eigenvalue weighted by Crippen LogP contribution is -2.37. The number of rotatable bonds is 4. The number of nitrogens with zero attached hydrogens (tertiary/aromatic N) is 4. The van der Waals surface area contributed by atoms with E-state index in [2.05, 4.69) is 10.3 Å². The van der Waals surface area contributed by atoms with Crippen molar-refractivity contribution in [2.24, 2.45) is 14.1 Å². The van der Waals surface area contributed by atoms with Gasteiger partial charge in [-0.1, -0.05) is 0 Å². The highest BCUT2D eigenvalue weighted by atomic mass is 16.3. The number of aliphatic hydroxyl groups is 1. The number of fused-ring (bicyclic) bond motifs is 1. The second-order valence-electron chi connectivity index (χ2n) is 4.21. The summed E-state index contributed by atoms with van der Waals surface area (Å²) in [4.78, 5) is 28.3. The molecule has 2 aromatic rings. The van der Waals surface area contributed by atoms with Crippen LogP contribution in [0.4, 0.5) is 5.95 Å². The molecule has 0 unspecified atom stereocenters. The summed E-state index contributed by atoms with van der Waals surface area (Å²) >= 11 is 0. The van der Waals surface area contributed by atoms with Crippen LogP contribution in [0.5, 0.6) is 0 Å². The first kappa shape index (κ1) is 13.3. The molecule has 104 valence electrons. The minimum absolute atomic E-state index is 0.0378. The molecule has 2 N–H and O–H groups in total. The molecule has 0 atom stereocenters. The molecule has 0 radical (unpaired) electrons. The van der Waals surface area contributed by atoms with Crippen LogP contribution in [-0.4, -0.2) is 36.9 Å². The van der Waals surface area contributed by atoms with Crippen LogP contribution in [0.2, 0.25) is 0 Å². The van der Waals surface area contributed by atoms with Crippen LogP contribution in [0.1, 0.15) is 6.92 Å². The van der Waals surface area contributed by atoms with Gasteiger partial charge in [0.15, 0.2) is 11.2 Å². The summed E-state index contributed by atoms with van der Waals surface area (Å²) in [6, 6.07) is 0. The third-order valence-corrected chi connectivity index (χ3v) is 3.06. The summed E-state index contributed by atoms with van der Waals surface area (Å²) in [6.07, 6.45) is 0. The number of aliphatic hydroxyl groups excluding tert-OH is 1. The van der Waals surface area contributed by atoms with Crippen molar-refractivity contribution in [3.63, 3.8) is 0 Å². The Morgan fingerprint density at radius 1 is 1.26 bits per heavy atom. The van der Waals surface area contributed by atoms with Crippen molar-refractivity contribution in [2.45, 2.75) is 13.5 Å². The zero-order chi connectivity index (χ0) is 14.2. The molecule has 2 heterocycles. The molecular formula is C11H17N5O3. The molecular weight excluding hydrogens is 250 g/mol. The van der Waals surface area contributed by atoms with E-state index in [1.54, 1.807) is 11.6 Å². The van der Waals surface area contributed by atoms with Crippen LogP contribution in [0.25, 0.3) is 11.2 Å². The second-order valence-corrected chi connectivity index (χ2v) is 4.21. The van der Waals surface area contributed by atoms with Crippen LogP contribution in [0, 0.1) is 0 Å². The topological polar surface area (TPSA) is 94.1 Å². The predicted octanol–water partition coefficient (Wildman–Crippen LogP) is -1.14. The molecule has 0 saturated carbocycles. The molecule has 0 bridgehead atoms. The first-order chi connectivity index (χ1) is 9.02. The number of hydrogen-bond acceptors (Lipinski definition) is 5. The van der Waals surface area contributed by atoms with E-state index in [9.17, 15) is 9.59 Å². The molecule has 8 nitrogen and oxygen atoms in total. The van der Waals surface area contributed by atoms with Gasteiger partial charge in [-0.25, -0.2) is 4.79 Å². The van der Waals surface area contributed by atoms with E-state index in [4.69, 9.17) is 5.11 Å². The molecule has 0 aliphatic rings. The third kappa shape index (κ3) is 1.93. The van der Waals surface area contributed by atoms with Crippen molar-refractivity contribution in [3.8, 4) is 0 Å². The van der Waals surface area contributed by atoms with Crippen LogP contribution in [0.15, 0.2) is 9.59 Å². The molecule has 0 saturated heterocycles. The summed E-state index contributed by atoms with van der Waals surface area (Å²) < 4.78 is 4.10. The van der Waals surface area contributed by atoms with Crippen LogP contribution >= 0.6 is 0 Å². The average Bonchev–Trinajstić information content (AvgIpc) is 2.79. The summed E-state index contributed by atoms with van der Waals surface area (Å²) in [5.74, 6) is 0.477. The SMILES string of the molecule is CCn1c(NCCO)nc2c1c(=O)n(C)c(=O)n2C. The summed E-state index contributed by atoms with van der Waals surface area (Å²) in [5.41, 5.74) is -0.0561. The monoisotopic (exact) mass is 267 g/mol. The Kier molecular flexibility index (Phi) is 3.43. The number of aromatic nitrogens is 4. The Morgan fingerprint density at radius 2 is 1.95 bits per heavy atom. The van der Waals surface area contributed by atoms with Crippen molar-refractivity contribution in [3.05, 3.63) is 20.8 Å². The maximum atomic E-state index is 12.2. The van der Waals surface area contributed by atoms with Crippen LogP contribution in [0.3, 0.4) is 0 Å². The maximum absolute atomic E-state index is 12.2. The van der Waals surface area contributed by atoms with Gasteiger partial charge in [-0.3, -0.25) is 13.9 Å². The van der Waals surface area contributed by atoms with Gasteiger partial charge in [-0.05, 0) is 6.92 Å². The van der Waals surface area contributed by atoms with E-state index in [1.807, 2.05) is 6.92 Å². The minimum Gasteiger partial charge on any atom is -0.395 e. The van der Waals surface area contributed by atoms with Gasteiger partial charge in [0.05, 0.1) is 6.61 Å². The van der Waals surface area contributed by atoms with Crippen molar-refractivity contribution >= 4 is 17.1 Å². The van der Waals surface area contributed by atoms with Gasteiger partial charge in [0, 0.05) is 27.2 Å².